The summed E-state index contributed by atoms with van der Waals surface area (Å²) in [5, 5.41) is 6.35. The highest BCUT2D eigenvalue weighted by molar-refractivity contribution is 6.30. The molecule has 26 heavy (non-hydrogen) atoms. The number of carbonyl (C=O) groups excluding carboxylic acids is 2. The Labute approximate surface area is 158 Å². The smallest absolute Gasteiger partial charge is 0.319 e. The maximum absolute atomic E-state index is 12.2. The molecule has 0 aliphatic carbocycles. The van der Waals surface area contributed by atoms with Crippen molar-refractivity contribution in [1.29, 1.82) is 0 Å². The number of benzene rings is 2. The van der Waals surface area contributed by atoms with Crippen molar-refractivity contribution in [3.8, 4) is 0 Å². The number of nitrogens with one attached hydrogen (secondary N) is 2. The molecule has 0 spiro atoms. The second-order valence-corrected chi connectivity index (χ2v) is 7.20. The van der Waals surface area contributed by atoms with Crippen molar-refractivity contribution in [2.24, 2.45) is 5.92 Å². The summed E-state index contributed by atoms with van der Waals surface area (Å²) in [6.07, 6.45) is 0.423. The maximum Gasteiger partial charge on any atom is 0.319 e. The molecule has 1 atom stereocenters. The molecule has 0 aromatic heterocycles. The zero-order valence-electron chi connectivity index (χ0n) is 14.9. The van der Waals surface area contributed by atoms with Gasteiger partial charge in [0.2, 0.25) is 5.91 Å². The number of urea groups is 1. The van der Waals surface area contributed by atoms with E-state index in [0.717, 1.165) is 22.5 Å². The molecule has 2 aromatic rings. The SMILES string of the molecule is Cc1cc(C)cc(NC(=O)NCC2CC(=O)N(c3ccc(Cl)cc3)C2)c1. The van der Waals surface area contributed by atoms with Crippen molar-refractivity contribution in [1.82, 2.24) is 5.32 Å². The van der Waals surface area contributed by atoms with Gasteiger partial charge in [-0.2, -0.15) is 0 Å². The summed E-state index contributed by atoms with van der Waals surface area (Å²) in [6, 6.07) is 12.9. The Morgan fingerprint density at radius 2 is 1.81 bits per heavy atom. The van der Waals surface area contributed by atoms with E-state index in [0.29, 0.717) is 24.5 Å². The minimum absolute atomic E-state index is 0.0637. The van der Waals surface area contributed by atoms with Gasteiger partial charge in [-0.15, -0.1) is 0 Å². The summed E-state index contributed by atoms with van der Waals surface area (Å²) in [5.41, 5.74) is 3.80. The maximum atomic E-state index is 12.2. The van der Waals surface area contributed by atoms with Crippen LogP contribution in [0.15, 0.2) is 42.5 Å². The van der Waals surface area contributed by atoms with Crippen LogP contribution in [0.3, 0.4) is 0 Å². The van der Waals surface area contributed by atoms with Crippen molar-refractivity contribution in [3.05, 3.63) is 58.6 Å². The first-order valence-electron chi connectivity index (χ1n) is 8.60. The number of hydrogen-bond acceptors (Lipinski definition) is 2. The number of halogens is 1. The number of anilines is 2. The Bertz CT molecular complexity index is 800. The van der Waals surface area contributed by atoms with E-state index in [4.69, 9.17) is 11.6 Å². The molecule has 0 saturated carbocycles. The minimum atomic E-state index is -0.257. The van der Waals surface area contributed by atoms with E-state index in [2.05, 4.69) is 16.7 Å². The summed E-state index contributed by atoms with van der Waals surface area (Å²) in [4.78, 5) is 26.1. The number of hydrogen-bond donors (Lipinski definition) is 2. The molecule has 6 heteroatoms. The lowest BCUT2D eigenvalue weighted by atomic mass is 10.1. The monoisotopic (exact) mass is 371 g/mol. The van der Waals surface area contributed by atoms with E-state index in [1.807, 2.05) is 38.1 Å². The Morgan fingerprint density at radius 3 is 2.46 bits per heavy atom. The quantitative estimate of drug-likeness (QED) is 0.848. The predicted octanol–water partition coefficient (Wildman–Crippen LogP) is 4.13. The molecular formula is C20H22ClN3O2. The zero-order chi connectivity index (χ0) is 18.7. The van der Waals surface area contributed by atoms with E-state index in [9.17, 15) is 9.59 Å². The van der Waals surface area contributed by atoms with Crippen LogP contribution in [0.1, 0.15) is 17.5 Å². The number of amides is 3. The molecule has 3 rings (SSSR count). The number of rotatable bonds is 4. The Morgan fingerprint density at radius 1 is 1.15 bits per heavy atom. The zero-order valence-corrected chi connectivity index (χ0v) is 15.6. The third-order valence-corrected chi connectivity index (χ3v) is 4.63. The summed E-state index contributed by atoms with van der Waals surface area (Å²) >= 11 is 5.90. The molecular weight excluding hydrogens is 350 g/mol. The Kier molecular flexibility index (Phi) is 5.47. The van der Waals surface area contributed by atoms with Crippen molar-refractivity contribution in [3.63, 3.8) is 0 Å². The van der Waals surface area contributed by atoms with Crippen LogP contribution in [0.5, 0.6) is 0 Å². The molecule has 1 aliphatic rings. The third-order valence-electron chi connectivity index (χ3n) is 4.37. The van der Waals surface area contributed by atoms with Crippen LogP contribution in [-0.4, -0.2) is 25.0 Å². The molecule has 1 heterocycles. The van der Waals surface area contributed by atoms with Gasteiger partial charge in [-0.1, -0.05) is 17.7 Å². The standard InChI is InChI=1S/C20H22ClN3O2/c1-13-7-14(2)9-17(8-13)23-20(26)22-11-15-10-19(25)24(12-15)18-5-3-16(21)4-6-18/h3-9,15H,10-12H2,1-2H3,(H2,22,23,26). The summed E-state index contributed by atoms with van der Waals surface area (Å²) < 4.78 is 0. The molecule has 0 bridgehead atoms. The lowest BCUT2D eigenvalue weighted by Crippen LogP contribution is -2.34. The van der Waals surface area contributed by atoms with Crippen LogP contribution in [0.25, 0.3) is 0 Å². The molecule has 1 unspecified atom stereocenters. The van der Waals surface area contributed by atoms with Crippen LogP contribution < -0.4 is 15.5 Å². The molecule has 2 aromatic carbocycles. The lowest BCUT2D eigenvalue weighted by Gasteiger charge is -2.17. The van der Waals surface area contributed by atoms with Gasteiger partial charge >= 0.3 is 6.03 Å². The summed E-state index contributed by atoms with van der Waals surface area (Å²) in [5.74, 6) is 0.150. The van der Waals surface area contributed by atoms with Gasteiger partial charge in [0.05, 0.1) is 0 Å². The fourth-order valence-electron chi connectivity index (χ4n) is 3.25. The summed E-state index contributed by atoms with van der Waals surface area (Å²) in [7, 11) is 0. The van der Waals surface area contributed by atoms with Gasteiger partial charge in [0.15, 0.2) is 0 Å². The minimum Gasteiger partial charge on any atom is -0.338 e. The highest BCUT2D eigenvalue weighted by atomic mass is 35.5. The highest BCUT2D eigenvalue weighted by Crippen LogP contribution is 2.26. The topological polar surface area (TPSA) is 61.4 Å². The van der Waals surface area contributed by atoms with Crippen molar-refractivity contribution >= 4 is 34.9 Å². The van der Waals surface area contributed by atoms with Gasteiger partial charge in [0, 0.05) is 41.8 Å². The van der Waals surface area contributed by atoms with Crippen molar-refractivity contribution in [2.75, 3.05) is 23.3 Å². The second kappa shape index (κ2) is 7.79. The molecule has 5 nitrogen and oxygen atoms in total. The van der Waals surface area contributed by atoms with Gasteiger partial charge in [0.25, 0.3) is 0 Å². The molecule has 1 aliphatic heterocycles. The van der Waals surface area contributed by atoms with E-state index in [-0.39, 0.29) is 17.9 Å². The van der Waals surface area contributed by atoms with Crippen LogP contribution >= 0.6 is 11.6 Å². The second-order valence-electron chi connectivity index (χ2n) is 6.76. The van der Waals surface area contributed by atoms with Crippen LogP contribution in [0, 0.1) is 19.8 Å². The van der Waals surface area contributed by atoms with Crippen molar-refractivity contribution in [2.45, 2.75) is 20.3 Å². The molecule has 2 N–H and O–H groups in total. The van der Waals surface area contributed by atoms with E-state index in [1.54, 1.807) is 17.0 Å². The average molecular weight is 372 g/mol. The van der Waals surface area contributed by atoms with E-state index < -0.39 is 0 Å². The van der Waals surface area contributed by atoms with Gasteiger partial charge in [-0.25, -0.2) is 4.79 Å². The first kappa shape index (κ1) is 18.3. The normalized spacial score (nSPS) is 16.7. The Balaban J connectivity index is 1.52. The Hall–Kier alpha value is -2.53. The molecule has 1 fully saturated rings. The van der Waals surface area contributed by atoms with Gasteiger partial charge < -0.3 is 15.5 Å². The molecule has 1 saturated heterocycles. The predicted molar refractivity (Wildman–Crippen MR) is 105 cm³/mol. The van der Waals surface area contributed by atoms with Crippen LogP contribution in [0.4, 0.5) is 16.2 Å². The number of nitrogens with zero attached hydrogens (tertiary/aromatic N) is 1. The van der Waals surface area contributed by atoms with Gasteiger partial charge in [-0.05, 0) is 61.4 Å². The third kappa shape index (κ3) is 4.55. The van der Waals surface area contributed by atoms with E-state index >= 15 is 0 Å². The first-order valence-corrected chi connectivity index (χ1v) is 8.97. The van der Waals surface area contributed by atoms with E-state index in [1.165, 1.54) is 0 Å². The molecule has 136 valence electrons. The summed E-state index contributed by atoms with van der Waals surface area (Å²) in [6.45, 7) is 5.02. The highest BCUT2D eigenvalue weighted by Gasteiger charge is 2.30. The number of carbonyl (C=O) groups is 2. The average Bonchev–Trinajstić information content (AvgIpc) is 2.94. The van der Waals surface area contributed by atoms with Crippen molar-refractivity contribution < 1.29 is 9.59 Å². The number of aryl methyl sites for hydroxylation is 2. The molecule has 3 amide bonds. The van der Waals surface area contributed by atoms with Gasteiger partial charge in [0.1, 0.15) is 0 Å². The lowest BCUT2D eigenvalue weighted by molar-refractivity contribution is -0.117. The van der Waals surface area contributed by atoms with Crippen LogP contribution in [0.2, 0.25) is 5.02 Å². The van der Waals surface area contributed by atoms with Gasteiger partial charge in [-0.3, -0.25) is 4.79 Å². The van der Waals surface area contributed by atoms with Crippen LogP contribution in [-0.2, 0) is 4.79 Å². The largest absolute Gasteiger partial charge is 0.338 e. The molecule has 0 radical (unpaired) electrons. The first-order chi connectivity index (χ1) is 12.4. The fraction of sp³-hybridized carbons (Fsp3) is 0.300. The fourth-order valence-corrected chi connectivity index (χ4v) is 3.37.